The summed E-state index contributed by atoms with van der Waals surface area (Å²) in [5.74, 6) is -0.393. The van der Waals surface area contributed by atoms with Crippen molar-refractivity contribution in [2.75, 3.05) is 5.75 Å². The fourth-order valence-corrected chi connectivity index (χ4v) is 3.33. The molecule has 2 aromatic rings. The molecule has 0 spiro atoms. The average Bonchev–Trinajstić information content (AvgIpc) is 2.39. The first-order valence-corrected chi connectivity index (χ1v) is 8.21. The van der Waals surface area contributed by atoms with Crippen LogP contribution < -0.4 is 0 Å². The summed E-state index contributed by atoms with van der Waals surface area (Å²) in [6, 6.07) is 12.3. The van der Waals surface area contributed by atoms with E-state index >= 15 is 0 Å². The molecule has 0 aliphatic carbocycles. The van der Waals surface area contributed by atoms with Gasteiger partial charge >= 0.3 is 0 Å². The molecule has 2 aromatic carbocycles. The lowest BCUT2D eigenvalue weighted by molar-refractivity contribution is 0.201. The van der Waals surface area contributed by atoms with Crippen LogP contribution in [0.1, 0.15) is 11.7 Å². The molecule has 2 rings (SSSR count). The second-order valence-electron chi connectivity index (χ2n) is 4.30. The minimum Gasteiger partial charge on any atom is -0.387 e. The molecular weight excluding hydrogens is 319 g/mol. The third-order valence-corrected chi connectivity index (χ3v) is 5.05. The minimum atomic E-state index is -3.58. The third-order valence-electron chi connectivity index (χ3n) is 2.80. The van der Waals surface area contributed by atoms with Gasteiger partial charge in [0.25, 0.3) is 0 Å². The molecule has 6 heteroatoms. The second kappa shape index (κ2) is 6.14. The molecule has 0 aromatic heterocycles. The van der Waals surface area contributed by atoms with Gasteiger partial charge in [-0.3, -0.25) is 0 Å². The van der Waals surface area contributed by atoms with E-state index in [2.05, 4.69) is 0 Å². The molecule has 1 unspecified atom stereocenters. The van der Waals surface area contributed by atoms with Gasteiger partial charge in [-0.15, -0.1) is 0 Å². The Morgan fingerprint density at radius 2 is 1.35 bits per heavy atom. The van der Waals surface area contributed by atoms with E-state index in [1.807, 2.05) is 0 Å². The normalized spacial score (nSPS) is 13.2. The van der Waals surface area contributed by atoms with Crippen molar-refractivity contribution in [1.82, 2.24) is 0 Å². The third kappa shape index (κ3) is 3.73. The Morgan fingerprint density at radius 3 is 1.85 bits per heavy atom. The van der Waals surface area contributed by atoms with Crippen LogP contribution in [0.25, 0.3) is 0 Å². The number of sulfone groups is 1. The first-order chi connectivity index (χ1) is 9.38. The maximum atomic E-state index is 12.2. The van der Waals surface area contributed by atoms with Gasteiger partial charge in [-0.2, -0.15) is 0 Å². The summed E-state index contributed by atoms with van der Waals surface area (Å²) >= 11 is 11.5. The largest absolute Gasteiger partial charge is 0.387 e. The fraction of sp³-hybridized carbons (Fsp3) is 0.143. The van der Waals surface area contributed by atoms with Crippen molar-refractivity contribution < 1.29 is 13.5 Å². The highest BCUT2D eigenvalue weighted by Crippen LogP contribution is 2.22. The molecule has 20 heavy (non-hydrogen) atoms. The number of aliphatic hydroxyl groups excluding tert-OH is 1. The average molecular weight is 331 g/mol. The lowest BCUT2D eigenvalue weighted by Gasteiger charge is -2.12. The summed E-state index contributed by atoms with van der Waals surface area (Å²) in [5, 5.41) is 11.0. The maximum absolute atomic E-state index is 12.2. The molecule has 0 saturated heterocycles. The van der Waals surface area contributed by atoms with Crippen LogP contribution in [0, 0.1) is 0 Å². The van der Waals surface area contributed by atoms with E-state index in [1.165, 1.54) is 24.3 Å². The number of benzene rings is 2. The minimum absolute atomic E-state index is 0.134. The summed E-state index contributed by atoms with van der Waals surface area (Å²) < 4.78 is 24.3. The highest BCUT2D eigenvalue weighted by atomic mass is 35.5. The monoisotopic (exact) mass is 330 g/mol. The quantitative estimate of drug-likeness (QED) is 0.933. The van der Waals surface area contributed by atoms with Crippen LogP contribution in [0.3, 0.4) is 0 Å². The summed E-state index contributed by atoms with van der Waals surface area (Å²) in [7, 11) is -3.58. The van der Waals surface area contributed by atoms with Crippen molar-refractivity contribution in [2.45, 2.75) is 11.0 Å². The van der Waals surface area contributed by atoms with E-state index < -0.39 is 21.7 Å². The van der Waals surface area contributed by atoms with Crippen LogP contribution >= 0.6 is 23.2 Å². The van der Waals surface area contributed by atoms with Crippen molar-refractivity contribution >= 4 is 33.0 Å². The van der Waals surface area contributed by atoms with Gasteiger partial charge in [0.15, 0.2) is 9.84 Å². The van der Waals surface area contributed by atoms with Gasteiger partial charge in [0.2, 0.25) is 0 Å². The predicted octanol–water partition coefficient (Wildman–Crippen LogP) is 3.50. The predicted molar refractivity (Wildman–Crippen MR) is 79.9 cm³/mol. The first kappa shape index (κ1) is 15.3. The topological polar surface area (TPSA) is 54.4 Å². The standard InChI is InChI=1S/C14H12Cl2O3S/c15-11-3-1-10(2-4-11)14(17)9-20(18,19)13-7-5-12(16)6-8-13/h1-8,14,17H,9H2. The zero-order valence-corrected chi connectivity index (χ0v) is 12.7. The molecule has 1 atom stereocenters. The van der Waals surface area contributed by atoms with Gasteiger partial charge in [-0.1, -0.05) is 35.3 Å². The smallest absolute Gasteiger partial charge is 0.181 e. The molecule has 0 bridgehead atoms. The lowest BCUT2D eigenvalue weighted by Crippen LogP contribution is -2.14. The van der Waals surface area contributed by atoms with E-state index in [0.29, 0.717) is 15.6 Å². The number of hydrogen-bond donors (Lipinski definition) is 1. The number of hydrogen-bond acceptors (Lipinski definition) is 3. The van der Waals surface area contributed by atoms with Gasteiger partial charge in [-0.25, -0.2) is 8.42 Å². The van der Waals surface area contributed by atoms with E-state index in [9.17, 15) is 13.5 Å². The Labute approximate surface area is 127 Å². The maximum Gasteiger partial charge on any atom is 0.181 e. The molecule has 3 nitrogen and oxygen atoms in total. The molecule has 0 amide bonds. The summed E-state index contributed by atoms with van der Waals surface area (Å²) in [6.07, 6.45) is -1.10. The van der Waals surface area contributed by atoms with Crippen molar-refractivity contribution in [2.24, 2.45) is 0 Å². The Balaban J connectivity index is 2.19. The van der Waals surface area contributed by atoms with Gasteiger partial charge in [0.05, 0.1) is 16.8 Å². The van der Waals surface area contributed by atoms with Crippen molar-refractivity contribution in [3.05, 3.63) is 64.1 Å². The zero-order chi connectivity index (χ0) is 14.8. The molecule has 0 radical (unpaired) electrons. The molecule has 0 aliphatic rings. The number of rotatable bonds is 4. The van der Waals surface area contributed by atoms with E-state index in [0.717, 1.165) is 0 Å². The molecule has 0 fully saturated rings. The molecule has 0 saturated carbocycles. The van der Waals surface area contributed by atoms with Crippen LogP contribution in [0.2, 0.25) is 10.0 Å². The SMILES string of the molecule is O=S(=O)(CC(O)c1ccc(Cl)cc1)c1ccc(Cl)cc1. The van der Waals surface area contributed by atoms with Crippen LogP contribution in [0.5, 0.6) is 0 Å². The van der Waals surface area contributed by atoms with Gasteiger partial charge < -0.3 is 5.11 Å². The van der Waals surface area contributed by atoms with E-state index in [1.54, 1.807) is 24.3 Å². The van der Waals surface area contributed by atoms with Crippen molar-refractivity contribution in [1.29, 1.82) is 0 Å². The fourth-order valence-electron chi connectivity index (χ4n) is 1.73. The summed E-state index contributed by atoms with van der Waals surface area (Å²) in [5.41, 5.74) is 0.506. The Bertz CT molecular complexity index is 679. The Morgan fingerprint density at radius 1 is 0.900 bits per heavy atom. The van der Waals surface area contributed by atoms with E-state index in [4.69, 9.17) is 23.2 Å². The van der Waals surface area contributed by atoms with Crippen LogP contribution in [0.15, 0.2) is 53.4 Å². The molecule has 0 heterocycles. The van der Waals surface area contributed by atoms with Gasteiger partial charge in [-0.05, 0) is 42.0 Å². The van der Waals surface area contributed by atoms with Gasteiger partial charge in [0.1, 0.15) is 0 Å². The highest BCUT2D eigenvalue weighted by molar-refractivity contribution is 7.91. The Kier molecular flexibility index (Phi) is 4.70. The van der Waals surface area contributed by atoms with Crippen molar-refractivity contribution in [3.63, 3.8) is 0 Å². The van der Waals surface area contributed by atoms with Crippen molar-refractivity contribution in [3.8, 4) is 0 Å². The zero-order valence-electron chi connectivity index (χ0n) is 10.3. The summed E-state index contributed by atoms with van der Waals surface area (Å²) in [6.45, 7) is 0. The highest BCUT2D eigenvalue weighted by Gasteiger charge is 2.20. The number of halogens is 2. The van der Waals surface area contributed by atoms with Crippen LogP contribution in [-0.4, -0.2) is 19.3 Å². The molecular formula is C14H12Cl2O3S. The van der Waals surface area contributed by atoms with Crippen LogP contribution in [0.4, 0.5) is 0 Å². The lowest BCUT2D eigenvalue weighted by atomic mass is 10.1. The van der Waals surface area contributed by atoms with E-state index in [-0.39, 0.29) is 4.90 Å². The molecule has 106 valence electrons. The summed E-state index contributed by atoms with van der Waals surface area (Å²) in [4.78, 5) is 0.134. The Hall–Kier alpha value is -1.07. The second-order valence-corrected chi connectivity index (χ2v) is 7.21. The van der Waals surface area contributed by atoms with Crippen LogP contribution in [-0.2, 0) is 9.84 Å². The number of aliphatic hydroxyl groups is 1. The molecule has 0 aliphatic heterocycles. The molecule has 1 N–H and O–H groups in total. The van der Waals surface area contributed by atoms with Gasteiger partial charge in [0, 0.05) is 10.0 Å². The first-order valence-electron chi connectivity index (χ1n) is 5.80.